The Bertz CT molecular complexity index is 408. The normalized spacial score (nSPS) is 10.8. The SMILES string of the molecule is CCc1nc2c(Br)cccc2s1. The van der Waals surface area contributed by atoms with Crippen LogP contribution in [0.3, 0.4) is 0 Å². The number of thiazole rings is 1. The van der Waals surface area contributed by atoms with Gasteiger partial charge in [-0.15, -0.1) is 11.3 Å². The van der Waals surface area contributed by atoms with E-state index < -0.39 is 0 Å². The van der Waals surface area contributed by atoms with Crippen molar-refractivity contribution < 1.29 is 0 Å². The van der Waals surface area contributed by atoms with Gasteiger partial charge in [0.05, 0.1) is 15.2 Å². The molecule has 0 atom stereocenters. The summed E-state index contributed by atoms with van der Waals surface area (Å²) in [6.45, 7) is 2.13. The van der Waals surface area contributed by atoms with E-state index in [-0.39, 0.29) is 0 Å². The maximum absolute atomic E-state index is 4.50. The highest BCUT2D eigenvalue weighted by Gasteiger charge is 2.03. The van der Waals surface area contributed by atoms with Gasteiger partial charge < -0.3 is 0 Å². The minimum absolute atomic E-state index is 1.02. The van der Waals surface area contributed by atoms with Crippen molar-refractivity contribution in [2.45, 2.75) is 13.3 Å². The number of rotatable bonds is 1. The predicted octanol–water partition coefficient (Wildman–Crippen LogP) is 3.62. The fraction of sp³-hybridized carbons (Fsp3) is 0.222. The highest BCUT2D eigenvalue weighted by Crippen LogP contribution is 2.28. The second kappa shape index (κ2) is 3.15. The highest BCUT2D eigenvalue weighted by molar-refractivity contribution is 9.10. The summed E-state index contributed by atoms with van der Waals surface area (Å²) in [7, 11) is 0. The monoisotopic (exact) mass is 241 g/mol. The molecule has 0 aliphatic heterocycles. The van der Waals surface area contributed by atoms with Gasteiger partial charge in [-0.3, -0.25) is 0 Å². The Balaban J connectivity index is 2.74. The van der Waals surface area contributed by atoms with Crippen LogP contribution in [0.2, 0.25) is 0 Å². The summed E-state index contributed by atoms with van der Waals surface area (Å²) in [4.78, 5) is 4.50. The largest absolute Gasteiger partial charge is 0.240 e. The van der Waals surface area contributed by atoms with Crippen molar-refractivity contribution in [1.29, 1.82) is 0 Å². The van der Waals surface area contributed by atoms with Gasteiger partial charge in [-0.2, -0.15) is 0 Å². The van der Waals surface area contributed by atoms with Gasteiger partial charge in [0.2, 0.25) is 0 Å². The molecule has 2 aromatic rings. The van der Waals surface area contributed by atoms with E-state index in [0.29, 0.717) is 0 Å². The van der Waals surface area contributed by atoms with Crippen LogP contribution in [0.1, 0.15) is 11.9 Å². The van der Waals surface area contributed by atoms with E-state index in [1.54, 1.807) is 11.3 Å². The lowest BCUT2D eigenvalue weighted by Crippen LogP contribution is -1.74. The van der Waals surface area contributed by atoms with Crippen LogP contribution in [0.4, 0.5) is 0 Å². The number of benzene rings is 1. The first-order valence-electron chi connectivity index (χ1n) is 3.85. The zero-order chi connectivity index (χ0) is 8.55. The molecule has 1 aromatic heterocycles. The summed E-state index contributed by atoms with van der Waals surface area (Å²) in [5.74, 6) is 0. The Kier molecular flexibility index (Phi) is 2.15. The molecule has 0 amide bonds. The van der Waals surface area contributed by atoms with Crippen molar-refractivity contribution in [2.24, 2.45) is 0 Å². The summed E-state index contributed by atoms with van der Waals surface area (Å²) in [5, 5.41) is 1.21. The second-order valence-corrected chi connectivity index (χ2v) is 4.52. The predicted molar refractivity (Wildman–Crippen MR) is 56.7 cm³/mol. The molecule has 0 saturated carbocycles. The van der Waals surface area contributed by atoms with Gasteiger partial charge in [-0.1, -0.05) is 13.0 Å². The van der Waals surface area contributed by atoms with Crippen LogP contribution < -0.4 is 0 Å². The second-order valence-electron chi connectivity index (χ2n) is 2.55. The molecule has 0 aliphatic carbocycles. The number of fused-ring (bicyclic) bond motifs is 1. The molecule has 0 N–H and O–H groups in total. The molecule has 0 aliphatic rings. The third-order valence-corrected chi connectivity index (χ3v) is 3.52. The smallest absolute Gasteiger partial charge is 0.0957 e. The van der Waals surface area contributed by atoms with E-state index in [2.05, 4.69) is 33.9 Å². The van der Waals surface area contributed by atoms with E-state index in [9.17, 15) is 0 Å². The van der Waals surface area contributed by atoms with Crippen molar-refractivity contribution in [2.75, 3.05) is 0 Å². The van der Waals surface area contributed by atoms with Gasteiger partial charge in [0.1, 0.15) is 0 Å². The molecule has 0 bridgehead atoms. The number of aromatic nitrogens is 1. The van der Waals surface area contributed by atoms with Gasteiger partial charge in [-0.05, 0) is 34.5 Å². The fourth-order valence-corrected chi connectivity index (χ4v) is 2.63. The Labute approximate surface area is 83.6 Å². The van der Waals surface area contributed by atoms with Crippen LogP contribution in [0.25, 0.3) is 10.2 Å². The van der Waals surface area contributed by atoms with Crippen molar-refractivity contribution in [3.05, 3.63) is 27.7 Å². The Morgan fingerprint density at radius 3 is 3.00 bits per heavy atom. The zero-order valence-corrected chi connectivity index (χ0v) is 9.08. The van der Waals surface area contributed by atoms with Crippen LogP contribution >= 0.6 is 27.3 Å². The molecule has 3 heteroatoms. The average Bonchev–Trinajstić information content (AvgIpc) is 2.49. The van der Waals surface area contributed by atoms with E-state index >= 15 is 0 Å². The van der Waals surface area contributed by atoms with Crippen LogP contribution in [-0.4, -0.2) is 4.98 Å². The van der Waals surface area contributed by atoms with E-state index in [0.717, 1.165) is 16.4 Å². The van der Waals surface area contributed by atoms with Gasteiger partial charge in [0.15, 0.2) is 0 Å². The van der Waals surface area contributed by atoms with Crippen molar-refractivity contribution in [1.82, 2.24) is 4.98 Å². The molecule has 62 valence electrons. The summed E-state index contributed by atoms with van der Waals surface area (Å²) in [6, 6.07) is 6.18. The lowest BCUT2D eigenvalue weighted by Gasteiger charge is -1.88. The maximum Gasteiger partial charge on any atom is 0.0957 e. The third kappa shape index (κ3) is 1.27. The Morgan fingerprint density at radius 1 is 1.50 bits per heavy atom. The Morgan fingerprint density at radius 2 is 2.33 bits per heavy atom. The lowest BCUT2D eigenvalue weighted by atomic mass is 10.3. The summed E-state index contributed by atoms with van der Waals surface area (Å²) >= 11 is 5.25. The molecule has 1 heterocycles. The van der Waals surface area contributed by atoms with Crippen molar-refractivity contribution in [3.63, 3.8) is 0 Å². The number of hydrogen-bond acceptors (Lipinski definition) is 2. The fourth-order valence-electron chi connectivity index (χ4n) is 1.11. The summed E-state index contributed by atoms with van der Waals surface area (Å²) in [6.07, 6.45) is 1.02. The number of halogens is 1. The molecule has 0 fully saturated rings. The van der Waals surface area contributed by atoms with E-state index in [1.165, 1.54) is 9.71 Å². The minimum atomic E-state index is 1.02. The number of para-hydroxylation sites is 1. The van der Waals surface area contributed by atoms with Crippen LogP contribution in [-0.2, 0) is 6.42 Å². The zero-order valence-electron chi connectivity index (χ0n) is 6.67. The minimum Gasteiger partial charge on any atom is -0.240 e. The maximum atomic E-state index is 4.50. The van der Waals surface area contributed by atoms with E-state index in [1.807, 2.05) is 12.1 Å². The molecule has 2 rings (SSSR count). The van der Waals surface area contributed by atoms with Gasteiger partial charge in [0.25, 0.3) is 0 Å². The molecule has 0 saturated heterocycles. The molecular formula is C9H8BrNS. The molecule has 1 aromatic carbocycles. The molecular weight excluding hydrogens is 234 g/mol. The van der Waals surface area contributed by atoms with E-state index in [4.69, 9.17) is 0 Å². The molecule has 12 heavy (non-hydrogen) atoms. The first kappa shape index (κ1) is 8.20. The average molecular weight is 242 g/mol. The number of nitrogens with zero attached hydrogens (tertiary/aromatic N) is 1. The molecule has 0 unspecified atom stereocenters. The Hall–Kier alpha value is -0.410. The standard InChI is InChI=1S/C9H8BrNS/c1-2-8-11-9-6(10)4-3-5-7(9)12-8/h3-5H,2H2,1H3. The third-order valence-electron chi connectivity index (χ3n) is 1.72. The lowest BCUT2D eigenvalue weighted by molar-refractivity contribution is 1.11. The van der Waals surface area contributed by atoms with Crippen molar-refractivity contribution >= 4 is 37.5 Å². The topological polar surface area (TPSA) is 12.9 Å². The van der Waals surface area contributed by atoms with Gasteiger partial charge >= 0.3 is 0 Å². The van der Waals surface area contributed by atoms with Crippen LogP contribution in [0.15, 0.2) is 22.7 Å². The summed E-state index contributed by atoms with van der Waals surface area (Å²) < 4.78 is 2.36. The summed E-state index contributed by atoms with van der Waals surface area (Å²) in [5.41, 5.74) is 1.10. The van der Waals surface area contributed by atoms with Gasteiger partial charge in [0, 0.05) is 4.47 Å². The molecule has 0 radical (unpaired) electrons. The highest BCUT2D eigenvalue weighted by atomic mass is 79.9. The first-order valence-corrected chi connectivity index (χ1v) is 5.46. The first-order chi connectivity index (χ1) is 5.81. The molecule has 0 spiro atoms. The van der Waals surface area contributed by atoms with Gasteiger partial charge in [-0.25, -0.2) is 4.98 Å². The van der Waals surface area contributed by atoms with Crippen LogP contribution in [0, 0.1) is 0 Å². The number of aryl methyl sites for hydroxylation is 1. The molecule has 1 nitrogen and oxygen atoms in total. The van der Waals surface area contributed by atoms with Crippen molar-refractivity contribution in [3.8, 4) is 0 Å². The van der Waals surface area contributed by atoms with Crippen LogP contribution in [0.5, 0.6) is 0 Å². The quantitative estimate of drug-likeness (QED) is 0.744. The number of hydrogen-bond donors (Lipinski definition) is 0.